The SMILES string of the molecule is Cc1ccc(NC(=O)[C@@H](N)CCS(C)(=O)=O)cn1. The summed E-state index contributed by atoms with van der Waals surface area (Å²) in [6, 6.07) is 2.63. The highest BCUT2D eigenvalue weighted by Crippen LogP contribution is 2.06. The molecule has 7 heteroatoms. The van der Waals surface area contributed by atoms with Crippen LogP contribution in [0.1, 0.15) is 12.1 Å². The van der Waals surface area contributed by atoms with Crippen LogP contribution in [0.5, 0.6) is 0 Å². The van der Waals surface area contributed by atoms with Gasteiger partial charge in [-0.1, -0.05) is 0 Å². The van der Waals surface area contributed by atoms with Crippen LogP contribution >= 0.6 is 0 Å². The summed E-state index contributed by atoms with van der Waals surface area (Å²) >= 11 is 0. The fraction of sp³-hybridized carbons (Fsp3) is 0.455. The molecule has 18 heavy (non-hydrogen) atoms. The van der Waals surface area contributed by atoms with Gasteiger partial charge in [0, 0.05) is 11.9 Å². The maximum Gasteiger partial charge on any atom is 0.241 e. The number of pyridine rings is 1. The normalized spacial score (nSPS) is 13.1. The van der Waals surface area contributed by atoms with Gasteiger partial charge in [-0.15, -0.1) is 0 Å². The Kier molecular flexibility index (Phi) is 4.80. The van der Waals surface area contributed by atoms with E-state index in [9.17, 15) is 13.2 Å². The first kappa shape index (κ1) is 14.6. The standard InChI is InChI=1S/C11H17N3O3S/c1-8-3-4-9(7-13-8)14-11(15)10(12)5-6-18(2,16)17/h3-4,7,10H,5-6,12H2,1-2H3,(H,14,15)/t10-/m0/s1. The van der Waals surface area contributed by atoms with E-state index >= 15 is 0 Å². The molecule has 0 saturated carbocycles. The number of carbonyl (C=O) groups excluding carboxylic acids is 1. The molecule has 1 aromatic heterocycles. The molecule has 0 radical (unpaired) electrons. The summed E-state index contributed by atoms with van der Waals surface area (Å²) in [5.74, 6) is -0.516. The van der Waals surface area contributed by atoms with E-state index in [0.29, 0.717) is 5.69 Å². The van der Waals surface area contributed by atoms with Crippen LogP contribution in [0.3, 0.4) is 0 Å². The van der Waals surface area contributed by atoms with Crippen LogP contribution in [0.15, 0.2) is 18.3 Å². The van der Waals surface area contributed by atoms with E-state index in [1.165, 1.54) is 6.20 Å². The average Bonchev–Trinajstić information content (AvgIpc) is 2.28. The zero-order valence-electron chi connectivity index (χ0n) is 10.4. The van der Waals surface area contributed by atoms with Crippen LogP contribution in [0.25, 0.3) is 0 Å². The van der Waals surface area contributed by atoms with Gasteiger partial charge < -0.3 is 11.1 Å². The van der Waals surface area contributed by atoms with E-state index in [4.69, 9.17) is 5.73 Å². The van der Waals surface area contributed by atoms with Crippen molar-refractivity contribution in [1.29, 1.82) is 0 Å². The number of hydrogen-bond donors (Lipinski definition) is 2. The monoisotopic (exact) mass is 271 g/mol. The van der Waals surface area contributed by atoms with Crippen LogP contribution < -0.4 is 11.1 Å². The summed E-state index contributed by atoms with van der Waals surface area (Å²) in [6.07, 6.45) is 2.74. The van der Waals surface area contributed by atoms with Crippen molar-refractivity contribution in [3.63, 3.8) is 0 Å². The molecule has 0 aliphatic rings. The van der Waals surface area contributed by atoms with Gasteiger partial charge in [0.15, 0.2) is 0 Å². The third-order valence-electron chi connectivity index (χ3n) is 2.32. The number of aryl methyl sites for hydroxylation is 1. The molecule has 0 aliphatic heterocycles. The van der Waals surface area contributed by atoms with Gasteiger partial charge in [0.05, 0.1) is 23.7 Å². The molecule has 0 bridgehead atoms. The maximum absolute atomic E-state index is 11.7. The van der Waals surface area contributed by atoms with Gasteiger partial charge in [0.1, 0.15) is 9.84 Å². The van der Waals surface area contributed by atoms with E-state index < -0.39 is 21.8 Å². The number of sulfone groups is 1. The number of amides is 1. The quantitative estimate of drug-likeness (QED) is 0.790. The molecule has 0 fully saturated rings. The van der Waals surface area contributed by atoms with E-state index in [-0.39, 0.29) is 12.2 Å². The molecule has 100 valence electrons. The zero-order valence-corrected chi connectivity index (χ0v) is 11.2. The lowest BCUT2D eigenvalue weighted by atomic mass is 10.2. The van der Waals surface area contributed by atoms with Crippen LogP contribution in [0.2, 0.25) is 0 Å². The second-order valence-corrected chi connectivity index (χ2v) is 6.46. The van der Waals surface area contributed by atoms with Crippen molar-refractivity contribution in [2.24, 2.45) is 5.73 Å². The average molecular weight is 271 g/mol. The van der Waals surface area contributed by atoms with Gasteiger partial charge in [0.25, 0.3) is 0 Å². The molecule has 6 nitrogen and oxygen atoms in total. The summed E-state index contributed by atoms with van der Waals surface area (Å²) in [5, 5.41) is 2.58. The summed E-state index contributed by atoms with van der Waals surface area (Å²) < 4.78 is 21.9. The van der Waals surface area contributed by atoms with Crippen molar-refractivity contribution >= 4 is 21.4 Å². The minimum Gasteiger partial charge on any atom is -0.323 e. The Balaban J connectivity index is 2.52. The molecular formula is C11H17N3O3S. The lowest BCUT2D eigenvalue weighted by Crippen LogP contribution is -2.37. The number of carbonyl (C=O) groups is 1. The van der Waals surface area contributed by atoms with Gasteiger partial charge >= 0.3 is 0 Å². The molecule has 3 N–H and O–H groups in total. The van der Waals surface area contributed by atoms with Gasteiger partial charge in [-0.3, -0.25) is 9.78 Å². The zero-order chi connectivity index (χ0) is 13.8. The molecule has 0 spiro atoms. The fourth-order valence-corrected chi connectivity index (χ4v) is 1.93. The molecule has 1 aromatic rings. The molecule has 0 saturated heterocycles. The van der Waals surface area contributed by atoms with Gasteiger partial charge in [-0.2, -0.15) is 0 Å². The van der Waals surface area contributed by atoms with Gasteiger partial charge in [-0.25, -0.2) is 8.42 Å². The van der Waals surface area contributed by atoms with Crippen LogP contribution in [-0.4, -0.2) is 37.4 Å². The van der Waals surface area contributed by atoms with Gasteiger partial charge in [-0.05, 0) is 25.5 Å². The van der Waals surface area contributed by atoms with Crippen molar-refractivity contribution < 1.29 is 13.2 Å². The Hall–Kier alpha value is -1.47. The van der Waals surface area contributed by atoms with Crippen molar-refractivity contribution in [3.05, 3.63) is 24.0 Å². The van der Waals surface area contributed by atoms with Crippen molar-refractivity contribution in [3.8, 4) is 0 Å². The number of nitrogens with one attached hydrogen (secondary N) is 1. The largest absolute Gasteiger partial charge is 0.323 e. The first-order valence-corrected chi connectivity index (χ1v) is 7.51. The highest BCUT2D eigenvalue weighted by Gasteiger charge is 2.16. The molecule has 0 unspecified atom stereocenters. The van der Waals surface area contributed by atoms with Crippen molar-refractivity contribution in [2.75, 3.05) is 17.3 Å². The molecule has 1 heterocycles. The van der Waals surface area contributed by atoms with Gasteiger partial charge in [0.2, 0.25) is 5.91 Å². The Morgan fingerprint density at radius 3 is 2.67 bits per heavy atom. The second-order valence-electron chi connectivity index (χ2n) is 4.20. The Morgan fingerprint density at radius 1 is 1.50 bits per heavy atom. The number of rotatable bonds is 5. The summed E-state index contributed by atoms with van der Waals surface area (Å²) in [4.78, 5) is 15.7. The minimum absolute atomic E-state index is 0.101. The molecule has 0 aliphatic carbocycles. The Bertz CT molecular complexity index is 511. The summed E-state index contributed by atoms with van der Waals surface area (Å²) in [6.45, 7) is 1.84. The highest BCUT2D eigenvalue weighted by atomic mass is 32.2. The third kappa shape index (κ3) is 5.24. The minimum atomic E-state index is -3.10. The van der Waals surface area contributed by atoms with Crippen LogP contribution in [-0.2, 0) is 14.6 Å². The number of anilines is 1. The van der Waals surface area contributed by atoms with E-state index in [1.807, 2.05) is 6.92 Å². The smallest absolute Gasteiger partial charge is 0.241 e. The van der Waals surface area contributed by atoms with Crippen molar-refractivity contribution in [1.82, 2.24) is 4.98 Å². The van der Waals surface area contributed by atoms with Crippen LogP contribution in [0.4, 0.5) is 5.69 Å². The van der Waals surface area contributed by atoms with E-state index in [2.05, 4.69) is 10.3 Å². The first-order valence-electron chi connectivity index (χ1n) is 5.45. The third-order valence-corrected chi connectivity index (χ3v) is 3.29. The summed E-state index contributed by atoms with van der Waals surface area (Å²) in [7, 11) is -3.10. The van der Waals surface area contributed by atoms with E-state index in [1.54, 1.807) is 12.1 Å². The number of aromatic nitrogens is 1. The number of hydrogen-bond acceptors (Lipinski definition) is 5. The lowest BCUT2D eigenvalue weighted by molar-refractivity contribution is -0.117. The molecule has 0 aromatic carbocycles. The highest BCUT2D eigenvalue weighted by molar-refractivity contribution is 7.90. The predicted molar refractivity (Wildman–Crippen MR) is 69.9 cm³/mol. The number of nitrogens with two attached hydrogens (primary N) is 1. The Labute approximate surface area is 107 Å². The Morgan fingerprint density at radius 2 is 2.17 bits per heavy atom. The number of nitrogens with zero attached hydrogens (tertiary/aromatic N) is 1. The molecule has 1 atom stereocenters. The summed E-state index contributed by atoms with van der Waals surface area (Å²) in [5.41, 5.74) is 6.99. The maximum atomic E-state index is 11.7. The van der Waals surface area contributed by atoms with Crippen molar-refractivity contribution in [2.45, 2.75) is 19.4 Å². The molecular weight excluding hydrogens is 254 g/mol. The molecule has 1 rings (SSSR count). The van der Waals surface area contributed by atoms with E-state index in [0.717, 1.165) is 11.9 Å². The topological polar surface area (TPSA) is 102 Å². The fourth-order valence-electron chi connectivity index (χ4n) is 1.25. The van der Waals surface area contributed by atoms with Crippen LogP contribution in [0, 0.1) is 6.92 Å². The predicted octanol–water partition coefficient (Wildman–Crippen LogP) is 0.0905. The molecule has 1 amide bonds. The lowest BCUT2D eigenvalue weighted by Gasteiger charge is -2.11. The second kappa shape index (κ2) is 5.92. The first-order chi connectivity index (χ1) is 8.28.